The quantitative estimate of drug-likeness (QED) is 0.842. The van der Waals surface area contributed by atoms with Crippen LogP contribution in [-0.2, 0) is 4.74 Å². The fourth-order valence-electron chi connectivity index (χ4n) is 3.11. The number of anilines is 1. The monoisotopic (exact) mass is 261 g/mol. The third kappa shape index (κ3) is 2.39. The molecule has 4 heteroatoms. The summed E-state index contributed by atoms with van der Waals surface area (Å²) in [5.74, 6) is 0.206. The summed E-state index contributed by atoms with van der Waals surface area (Å²) in [6.45, 7) is 0.698. The third-order valence-electron chi connectivity index (χ3n) is 4.24. The summed E-state index contributed by atoms with van der Waals surface area (Å²) in [6, 6.07) is 6.67. The second kappa shape index (κ2) is 4.76. The van der Waals surface area contributed by atoms with E-state index < -0.39 is 0 Å². The number of carbonyl (C=O) groups excluding carboxylic acids is 1. The Labute approximate surface area is 113 Å². The fourth-order valence-corrected chi connectivity index (χ4v) is 3.11. The van der Waals surface area contributed by atoms with Crippen LogP contribution in [-0.4, -0.2) is 23.3 Å². The molecule has 1 aliphatic heterocycles. The van der Waals surface area contributed by atoms with E-state index in [-0.39, 0.29) is 17.4 Å². The lowest BCUT2D eigenvalue weighted by Gasteiger charge is -2.43. The zero-order valence-electron chi connectivity index (χ0n) is 11.0. The highest BCUT2D eigenvalue weighted by atomic mass is 16.6. The molecule has 1 N–H and O–H groups in total. The lowest BCUT2D eigenvalue weighted by Crippen LogP contribution is -2.50. The molecule has 3 rings (SSSR count). The minimum absolute atomic E-state index is 0.206. The predicted octanol–water partition coefficient (Wildman–Crippen LogP) is 3.44. The Bertz CT molecular complexity index is 463. The number of rotatable bonds is 1. The van der Waals surface area contributed by atoms with Crippen LogP contribution in [0.3, 0.4) is 0 Å². The van der Waals surface area contributed by atoms with Crippen LogP contribution >= 0.6 is 0 Å². The molecule has 0 unspecified atom stereocenters. The standard InChI is InChI=1S/C15H19NO3/c17-13-6-4-12(5-7-13)16-11-10-15(19-14(16)18)8-2-1-3-9-15/h4-7,17H,1-3,8-11H2. The normalized spacial score (nSPS) is 22.3. The Balaban J connectivity index is 1.74. The number of carbonyl (C=O) groups is 1. The van der Waals surface area contributed by atoms with Crippen molar-refractivity contribution < 1.29 is 14.6 Å². The molecular formula is C15H19NO3. The summed E-state index contributed by atoms with van der Waals surface area (Å²) in [7, 11) is 0. The fraction of sp³-hybridized carbons (Fsp3) is 0.533. The SMILES string of the molecule is O=C1OC2(CCCCC2)CCN1c1ccc(O)cc1. The molecule has 1 saturated carbocycles. The van der Waals surface area contributed by atoms with E-state index in [0.29, 0.717) is 6.54 Å². The molecule has 0 radical (unpaired) electrons. The maximum atomic E-state index is 12.2. The van der Waals surface area contributed by atoms with E-state index in [1.807, 2.05) is 0 Å². The van der Waals surface area contributed by atoms with Crippen molar-refractivity contribution >= 4 is 11.8 Å². The van der Waals surface area contributed by atoms with Crippen molar-refractivity contribution in [3.8, 4) is 5.75 Å². The zero-order valence-corrected chi connectivity index (χ0v) is 11.0. The van der Waals surface area contributed by atoms with Gasteiger partial charge >= 0.3 is 6.09 Å². The molecule has 1 aromatic carbocycles. The smallest absolute Gasteiger partial charge is 0.414 e. The van der Waals surface area contributed by atoms with E-state index in [4.69, 9.17) is 4.74 Å². The second-order valence-electron chi connectivity index (χ2n) is 5.53. The van der Waals surface area contributed by atoms with Crippen molar-refractivity contribution in [2.24, 2.45) is 0 Å². The molecule has 0 bridgehead atoms. The van der Waals surface area contributed by atoms with Crippen molar-refractivity contribution in [2.45, 2.75) is 44.1 Å². The summed E-state index contributed by atoms with van der Waals surface area (Å²) in [5.41, 5.74) is 0.580. The molecule has 2 aliphatic rings. The van der Waals surface area contributed by atoms with Gasteiger partial charge in [0, 0.05) is 18.7 Å². The van der Waals surface area contributed by atoms with Gasteiger partial charge in [0.05, 0.1) is 0 Å². The maximum Gasteiger partial charge on any atom is 0.414 e. The number of amides is 1. The molecule has 0 aromatic heterocycles. The molecule has 1 spiro atoms. The first-order valence-electron chi connectivity index (χ1n) is 6.98. The Kier molecular flexibility index (Phi) is 3.09. The summed E-state index contributed by atoms with van der Waals surface area (Å²) < 4.78 is 5.74. The summed E-state index contributed by atoms with van der Waals surface area (Å²) in [6.07, 6.45) is 6.23. The van der Waals surface area contributed by atoms with Crippen LogP contribution in [0.2, 0.25) is 0 Å². The first-order valence-corrected chi connectivity index (χ1v) is 6.98. The van der Waals surface area contributed by atoms with Gasteiger partial charge in [-0.2, -0.15) is 0 Å². The Morgan fingerprint density at radius 2 is 1.74 bits per heavy atom. The lowest BCUT2D eigenvalue weighted by molar-refractivity contribution is -0.0309. The number of hydrogen-bond acceptors (Lipinski definition) is 3. The number of phenolic OH excluding ortho intramolecular Hbond substituents is 1. The highest BCUT2D eigenvalue weighted by Gasteiger charge is 2.41. The predicted molar refractivity (Wildman–Crippen MR) is 72.4 cm³/mol. The summed E-state index contributed by atoms with van der Waals surface area (Å²) >= 11 is 0. The number of aromatic hydroxyl groups is 1. The van der Waals surface area contributed by atoms with Gasteiger partial charge < -0.3 is 9.84 Å². The molecule has 1 saturated heterocycles. The lowest BCUT2D eigenvalue weighted by atomic mass is 9.81. The molecule has 1 aliphatic carbocycles. The van der Waals surface area contributed by atoms with Gasteiger partial charge in [-0.1, -0.05) is 6.42 Å². The molecule has 2 fully saturated rings. The molecular weight excluding hydrogens is 242 g/mol. The summed E-state index contributed by atoms with van der Waals surface area (Å²) in [5, 5.41) is 9.28. The van der Waals surface area contributed by atoms with Crippen LogP contribution in [0.15, 0.2) is 24.3 Å². The molecule has 19 heavy (non-hydrogen) atoms. The van der Waals surface area contributed by atoms with Crippen LogP contribution in [0.25, 0.3) is 0 Å². The van der Waals surface area contributed by atoms with Gasteiger partial charge in [0.1, 0.15) is 11.4 Å². The van der Waals surface area contributed by atoms with Crippen LogP contribution in [0.4, 0.5) is 10.5 Å². The molecule has 4 nitrogen and oxygen atoms in total. The maximum absolute atomic E-state index is 12.2. The van der Waals surface area contributed by atoms with Gasteiger partial charge in [-0.05, 0) is 49.9 Å². The molecule has 1 aromatic rings. The van der Waals surface area contributed by atoms with E-state index >= 15 is 0 Å². The molecule has 102 valence electrons. The van der Waals surface area contributed by atoms with Crippen LogP contribution in [0, 0.1) is 0 Å². The Morgan fingerprint density at radius 3 is 2.37 bits per heavy atom. The van der Waals surface area contributed by atoms with E-state index in [2.05, 4.69) is 0 Å². The van der Waals surface area contributed by atoms with Crippen LogP contribution in [0.1, 0.15) is 38.5 Å². The topological polar surface area (TPSA) is 49.8 Å². The van der Waals surface area contributed by atoms with Crippen molar-refractivity contribution in [1.29, 1.82) is 0 Å². The number of ether oxygens (including phenoxy) is 1. The van der Waals surface area contributed by atoms with E-state index in [1.165, 1.54) is 6.42 Å². The van der Waals surface area contributed by atoms with E-state index in [9.17, 15) is 9.90 Å². The van der Waals surface area contributed by atoms with Crippen LogP contribution < -0.4 is 4.90 Å². The van der Waals surface area contributed by atoms with Gasteiger partial charge in [-0.25, -0.2) is 4.79 Å². The number of nitrogens with zero attached hydrogens (tertiary/aromatic N) is 1. The van der Waals surface area contributed by atoms with Gasteiger partial charge in [0.15, 0.2) is 0 Å². The average Bonchev–Trinajstić information content (AvgIpc) is 2.41. The van der Waals surface area contributed by atoms with Crippen molar-refractivity contribution in [3.63, 3.8) is 0 Å². The first-order chi connectivity index (χ1) is 9.19. The largest absolute Gasteiger partial charge is 0.508 e. The van der Waals surface area contributed by atoms with Gasteiger partial charge in [0.2, 0.25) is 0 Å². The Morgan fingerprint density at radius 1 is 1.05 bits per heavy atom. The second-order valence-corrected chi connectivity index (χ2v) is 5.53. The molecule has 0 atom stereocenters. The van der Waals surface area contributed by atoms with E-state index in [1.54, 1.807) is 29.2 Å². The van der Waals surface area contributed by atoms with Gasteiger partial charge in [-0.3, -0.25) is 4.90 Å². The van der Waals surface area contributed by atoms with Crippen molar-refractivity contribution in [2.75, 3.05) is 11.4 Å². The minimum atomic E-state index is -0.251. The van der Waals surface area contributed by atoms with Gasteiger partial charge in [-0.15, -0.1) is 0 Å². The average molecular weight is 261 g/mol. The van der Waals surface area contributed by atoms with Crippen molar-refractivity contribution in [1.82, 2.24) is 0 Å². The van der Waals surface area contributed by atoms with Crippen LogP contribution in [0.5, 0.6) is 5.75 Å². The third-order valence-corrected chi connectivity index (χ3v) is 4.24. The highest BCUT2D eigenvalue weighted by molar-refractivity contribution is 5.88. The number of hydrogen-bond donors (Lipinski definition) is 1. The minimum Gasteiger partial charge on any atom is -0.508 e. The Hall–Kier alpha value is -1.71. The molecule has 1 heterocycles. The summed E-state index contributed by atoms with van der Waals surface area (Å²) in [4.78, 5) is 13.8. The highest BCUT2D eigenvalue weighted by Crippen LogP contribution is 2.38. The van der Waals surface area contributed by atoms with Gasteiger partial charge in [0.25, 0.3) is 0 Å². The number of benzene rings is 1. The number of phenols is 1. The van der Waals surface area contributed by atoms with Crippen molar-refractivity contribution in [3.05, 3.63) is 24.3 Å². The van der Waals surface area contributed by atoms with E-state index in [0.717, 1.165) is 37.8 Å². The first kappa shape index (κ1) is 12.3. The molecule has 1 amide bonds. The zero-order chi connectivity index (χ0) is 13.3.